The Morgan fingerprint density at radius 2 is 1.96 bits per heavy atom. The number of aryl methyl sites for hydroxylation is 1. The molecular formula is C18H25N3O2. The summed E-state index contributed by atoms with van der Waals surface area (Å²) in [5.41, 5.74) is 1.87. The number of aliphatic hydroxyl groups is 1. The second-order valence-corrected chi connectivity index (χ2v) is 6.24. The van der Waals surface area contributed by atoms with Gasteiger partial charge in [-0.1, -0.05) is 13.0 Å². The van der Waals surface area contributed by atoms with Crippen molar-refractivity contribution in [2.75, 3.05) is 32.8 Å². The van der Waals surface area contributed by atoms with Gasteiger partial charge in [0.25, 0.3) is 5.91 Å². The molecule has 0 saturated carbocycles. The molecule has 2 aromatic rings. The van der Waals surface area contributed by atoms with Gasteiger partial charge in [-0.2, -0.15) is 0 Å². The summed E-state index contributed by atoms with van der Waals surface area (Å²) >= 11 is 0. The van der Waals surface area contributed by atoms with Crippen molar-refractivity contribution >= 4 is 16.8 Å². The van der Waals surface area contributed by atoms with Crippen molar-refractivity contribution in [2.45, 2.75) is 19.4 Å². The van der Waals surface area contributed by atoms with E-state index in [1.807, 2.05) is 47.0 Å². The van der Waals surface area contributed by atoms with Crippen LogP contribution in [0.3, 0.4) is 0 Å². The Labute approximate surface area is 137 Å². The first-order valence-corrected chi connectivity index (χ1v) is 8.34. The summed E-state index contributed by atoms with van der Waals surface area (Å²) < 4.78 is 2.04. The zero-order valence-electron chi connectivity index (χ0n) is 13.9. The molecule has 1 unspecified atom stereocenters. The molecule has 1 aliphatic heterocycles. The number of hydrogen-bond acceptors (Lipinski definition) is 3. The van der Waals surface area contributed by atoms with Gasteiger partial charge in [0.1, 0.15) is 0 Å². The van der Waals surface area contributed by atoms with Crippen LogP contribution in [0, 0.1) is 0 Å². The molecule has 1 aliphatic rings. The third-order valence-corrected chi connectivity index (χ3v) is 4.96. The van der Waals surface area contributed by atoms with Gasteiger partial charge in [-0.3, -0.25) is 9.69 Å². The molecule has 23 heavy (non-hydrogen) atoms. The molecule has 1 aromatic heterocycles. The van der Waals surface area contributed by atoms with Crippen LogP contribution in [0.4, 0.5) is 0 Å². The minimum Gasteiger partial charge on any atom is -0.395 e. The SMILES string of the molecule is CCC(CO)N1CCN(C(=O)c2cccc3c2ccn3C)CC1. The Morgan fingerprint density at radius 3 is 2.61 bits per heavy atom. The first-order valence-electron chi connectivity index (χ1n) is 8.34. The van der Waals surface area contributed by atoms with E-state index in [2.05, 4.69) is 11.8 Å². The fourth-order valence-electron chi connectivity index (χ4n) is 3.45. The van der Waals surface area contributed by atoms with Crippen LogP contribution in [-0.4, -0.2) is 64.2 Å². The smallest absolute Gasteiger partial charge is 0.254 e. The zero-order valence-corrected chi connectivity index (χ0v) is 13.9. The maximum Gasteiger partial charge on any atom is 0.254 e. The summed E-state index contributed by atoms with van der Waals surface area (Å²) in [6, 6.07) is 8.13. The van der Waals surface area contributed by atoms with Crippen LogP contribution in [0.2, 0.25) is 0 Å². The van der Waals surface area contributed by atoms with Gasteiger partial charge in [0.2, 0.25) is 0 Å². The molecule has 5 nitrogen and oxygen atoms in total. The maximum atomic E-state index is 12.9. The molecule has 2 heterocycles. The first kappa shape index (κ1) is 16.0. The largest absolute Gasteiger partial charge is 0.395 e. The van der Waals surface area contributed by atoms with Gasteiger partial charge in [-0.15, -0.1) is 0 Å². The van der Waals surface area contributed by atoms with Gasteiger partial charge in [0.05, 0.1) is 6.61 Å². The molecule has 1 aromatic carbocycles. The highest BCUT2D eigenvalue weighted by Crippen LogP contribution is 2.22. The van der Waals surface area contributed by atoms with Crippen molar-refractivity contribution < 1.29 is 9.90 Å². The highest BCUT2D eigenvalue weighted by Gasteiger charge is 2.26. The normalized spacial score (nSPS) is 17.6. The summed E-state index contributed by atoms with van der Waals surface area (Å²) in [6.07, 6.45) is 2.93. The lowest BCUT2D eigenvalue weighted by Gasteiger charge is -2.38. The van der Waals surface area contributed by atoms with Crippen molar-refractivity contribution in [1.82, 2.24) is 14.4 Å². The number of rotatable bonds is 4. The summed E-state index contributed by atoms with van der Waals surface area (Å²) in [4.78, 5) is 17.1. The van der Waals surface area contributed by atoms with Crippen LogP contribution in [0.25, 0.3) is 10.9 Å². The molecule has 1 fully saturated rings. The van der Waals surface area contributed by atoms with E-state index in [4.69, 9.17) is 0 Å². The number of hydrogen-bond donors (Lipinski definition) is 1. The topological polar surface area (TPSA) is 48.7 Å². The first-order chi connectivity index (χ1) is 11.2. The number of fused-ring (bicyclic) bond motifs is 1. The van der Waals surface area contributed by atoms with E-state index < -0.39 is 0 Å². The van der Waals surface area contributed by atoms with E-state index >= 15 is 0 Å². The van der Waals surface area contributed by atoms with Crippen molar-refractivity contribution in [3.63, 3.8) is 0 Å². The molecule has 1 atom stereocenters. The van der Waals surface area contributed by atoms with Gasteiger partial charge >= 0.3 is 0 Å². The number of piperazine rings is 1. The van der Waals surface area contributed by atoms with E-state index in [-0.39, 0.29) is 18.6 Å². The third-order valence-electron chi connectivity index (χ3n) is 4.96. The number of amides is 1. The Bertz CT molecular complexity index is 683. The Balaban J connectivity index is 1.74. The highest BCUT2D eigenvalue weighted by atomic mass is 16.3. The average Bonchev–Trinajstić information content (AvgIpc) is 2.97. The standard InChI is InChI=1S/C18H25N3O2/c1-3-14(13-22)20-9-11-21(12-10-20)18(23)16-5-4-6-17-15(16)7-8-19(17)2/h4-8,14,22H,3,9-13H2,1-2H3. The third kappa shape index (κ3) is 2.99. The molecular weight excluding hydrogens is 290 g/mol. The van der Waals surface area contributed by atoms with Crippen LogP contribution in [-0.2, 0) is 7.05 Å². The van der Waals surface area contributed by atoms with Gasteiger partial charge in [-0.25, -0.2) is 0 Å². The van der Waals surface area contributed by atoms with E-state index in [0.29, 0.717) is 0 Å². The fourth-order valence-corrected chi connectivity index (χ4v) is 3.45. The number of carbonyl (C=O) groups excluding carboxylic acids is 1. The van der Waals surface area contributed by atoms with Gasteiger partial charge in [0, 0.05) is 61.9 Å². The van der Waals surface area contributed by atoms with Crippen molar-refractivity contribution in [3.05, 3.63) is 36.0 Å². The minimum atomic E-state index is 0.110. The minimum absolute atomic E-state index is 0.110. The molecule has 0 spiro atoms. The molecule has 1 N–H and O–H groups in total. The monoisotopic (exact) mass is 315 g/mol. The molecule has 1 saturated heterocycles. The van der Waals surface area contributed by atoms with Crippen molar-refractivity contribution in [2.24, 2.45) is 7.05 Å². The van der Waals surface area contributed by atoms with Gasteiger partial charge in [0.15, 0.2) is 0 Å². The summed E-state index contributed by atoms with van der Waals surface area (Å²) in [7, 11) is 2.00. The Hall–Kier alpha value is -1.85. The van der Waals surface area contributed by atoms with Gasteiger partial charge in [-0.05, 0) is 24.6 Å². The second-order valence-electron chi connectivity index (χ2n) is 6.24. The zero-order chi connectivity index (χ0) is 16.4. The number of aliphatic hydroxyl groups excluding tert-OH is 1. The van der Waals surface area contributed by atoms with Crippen molar-refractivity contribution in [3.8, 4) is 0 Å². The Morgan fingerprint density at radius 1 is 1.22 bits per heavy atom. The quantitative estimate of drug-likeness (QED) is 0.934. The van der Waals surface area contributed by atoms with E-state index in [1.54, 1.807) is 0 Å². The lowest BCUT2D eigenvalue weighted by atomic mass is 10.1. The lowest BCUT2D eigenvalue weighted by molar-refractivity contribution is 0.0474. The average molecular weight is 315 g/mol. The van der Waals surface area contributed by atoms with Crippen molar-refractivity contribution in [1.29, 1.82) is 0 Å². The van der Waals surface area contributed by atoms with Crippen LogP contribution in [0.5, 0.6) is 0 Å². The van der Waals surface area contributed by atoms with Crippen LogP contribution >= 0.6 is 0 Å². The molecule has 5 heteroatoms. The molecule has 0 radical (unpaired) electrons. The van der Waals surface area contributed by atoms with E-state index in [9.17, 15) is 9.90 Å². The second kappa shape index (κ2) is 6.72. The summed E-state index contributed by atoms with van der Waals surface area (Å²) in [5, 5.41) is 10.4. The summed E-state index contributed by atoms with van der Waals surface area (Å²) in [6.45, 7) is 5.38. The van der Waals surface area contributed by atoms with Crippen LogP contribution in [0.1, 0.15) is 23.7 Å². The number of aromatic nitrogens is 1. The summed E-state index contributed by atoms with van der Waals surface area (Å²) in [5.74, 6) is 0.110. The van der Waals surface area contributed by atoms with E-state index in [1.165, 1.54) is 0 Å². The Kier molecular flexibility index (Phi) is 4.68. The predicted molar refractivity (Wildman–Crippen MR) is 91.6 cm³/mol. The number of benzene rings is 1. The lowest BCUT2D eigenvalue weighted by Crippen LogP contribution is -2.52. The molecule has 1 amide bonds. The predicted octanol–water partition coefficient (Wildman–Crippen LogP) is 1.71. The van der Waals surface area contributed by atoms with E-state index in [0.717, 1.165) is 49.1 Å². The number of nitrogens with zero attached hydrogens (tertiary/aromatic N) is 3. The maximum absolute atomic E-state index is 12.9. The highest BCUT2D eigenvalue weighted by molar-refractivity contribution is 6.06. The number of carbonyl (C=O) groups is 1. The van der Waals surface area contributed by atoms with Gasteiger partial charge < -0.3 is 14.6 Å². The fraction of sp³-hybridized carbons (Fsp3) is 0.500. The van der Waals surface area contributed by atoms with Crippen LogP contribution in [0.15, 0.2) is 30.5 Å². The molecule has 0 aliphatic carbocycles. The molecule has 124 valence electrons. The van der Waals surface area contributed by atoms with Crippen LogP contribution < -0.4 is 0 Å². The molecule has 3 rings (SSSR count). The molecule has 0 bridgehead atoms.